The van der Waals surface area contributed by atoms with Crippen molar-refractivity contribution in [2.45, 2.75) is 112 Å². The first-order valence-corrected chi connectivity index (χ1v) is 14.1. The Hall–Kier alpha value is -0.910. The van der Waals surface area contributed by atoms with Gasteiger partial charge in [-0.25, -0.2) is 0 Å². The van der Waals surface area contributed by atoms with Crippen molar-refractivity contribution >= 4 is 5.97 Å². The molecule has 0 aromatic rings. The predicted molar refractivity (Wildman–Crippen MR) is 135 cm³/mol. The summed E-state index contributed by atoms with van der Waals surface area (Å²) in [6.45, 7) is 15.6. The molecule has 5 nitrogen and oxygen atoms in total. The highest BCUT2D eigenvalue weighted by Gasteiger charge is 2.72. The van der Waals surface area contributed by atoms with Crippen molar-refractivity contribution in [3.63, 3.8) is 0 Å². The summed E-state index contributed by atoms with van der Waals surface area (Å²) >= 11 is 0. The molecule has 0 aromatic carbocycles. The molecule has 0 aromatic heterocycles. The molecule has 0 spiro atoms. The van der Waals surface area contributed by atoms with Gasteiger partial charge in [-0.2, -0.15) is 0 Å². The molecule has 5 aliphatic carbocycles. The zero-order valence-corrected chi connectivity index (χ0v) is 22.8. The highest BCUT2D eigenvalue weighted by atomic mass is 16.4. The van der Waals surface area contributed by atoms with Crippen LogP contribution >= 0.6 is 0 Å². The van der Waals surface area contributed by atoms with Crippen molar-refractivity contribution in [1.29, 1.82) is 0 Å². The number of carboxylic acids is 1. The maximum absolute atomic E-state index is 12.8. The van der Waals surface area contributed by atoms with Gasteiger partial charge in [0.1, 0.15) is 6.10 Å². The van der Waals surface area contributed by atoms with Gasteiger partial charge in [-0.15, -0.1) is 0 Å². The van der Waals surface area contributed by atoms with Gasteiger partial charge in [-0.1, -0.05) is 60.1 Å². The van der Waals surface area contributed by atoms with Gasteiger partial charge in [0.15, 0.2) is 0 Å². The molecule has 12 atom stereocenters. The Balaban J connectivity index is 1.65. The third-order valence-electron chi connectivity index (χ3n) is 13.5. The minimum Gasteiger partial charge on any atom is -0.481 e. The van der Waals surface area contributed by atoms with E-state index in [0.717, 1.165) is 44.9 Å². The van der Waals surface area contributed by atoms with Gasteiger partial charge >= 0.3 is 5.97 Å². The summed E-state index contributed by atoms with van der Waals surface area (Å²) in [7, 11) is 0. The Labute approximate surface area is 211 Å². The molecule has 5 heteroatoms. The van der Waals surface area contributed by atoms with Crippen molar-refractivity contribution in [2.24, 2.45) is 56.7 Å². The highest BCUT2D eigenvalue weighted by molar-refractivity contribution is 5.76. The van der Waals surface area contributed by atoms with Crippen LogP contribution in [0.15, 0.2) is 11.6 Å². The average Bonchev–Trinajstić information content (AvgIpc) is 2.79. The first kappa shape index (κ1) is 25.7. The van der Waals surface area contributed by atoms with Crippen LogP contribution in [0, 0.1) is 56.7 Å². The summed E-state index contributed by atoms with van der Waals surface area (Å²) in [5.74, 6) is 0.545. The van der Waals surface area contributed by atoms with Gasteiger partial charge in [0.05, 0.1) is 17.6 Å². The van der Waals surface area contributed by atoms with Crippen LogP contribution in [0.5, 0.6) is 0 Å². The van der Waals surface area contributed by atoms with E-state index in [9.17, 15) is 25.2 Å². The molecule has 0 bridgehead atoms. The van der Waals surface area contributed by atoms with E-state index in [1.807, 2.05) is 0 Å². The standard InChI is InChI=1S/C30H48O5/c1-16-10-13-30(25(34)35)15-14-27(5)18(21(30)17(16)2)8-9-20-28(27,6)12-11-19-26(3,4)23(32)22(31)24(33)29(19,20)7/h8,16-17,19-24,31-33H,9-15H2,1-7H3,(H,34,35)/t16-,17+,19-,20-,21+,22+,23+,24+,27-,28-,29+,30+/m1/s1. The summed E-state index contributed by atoms with van der Waals surface area (Å²) in [5, 5.41) is 44.0. The lowest BCUT2D eigenvalue weighted by Crippen LogP contribution is -2.72. The summed E-state index contributed by atoms with van der Waals surface area (Å²) < 4.78 is 0. The summed E-state index contributed by atoms with van der Waals surface area (Å²) in [4.78, 5) is 12.8. The fourth-order valence-electron chi connectivity index (χ4n) is 10.9. The van der Waals surface area contributed by atoms with E-state index in [2.05, 4.69) is 54.5 Å². The highest BCUT2D eigenvalue weighted by Crippen LogP contribution is 2.75. The van der Waals surface area contributed by atoms with Gasteiger partial charge in [0.25, 0.3) is 0 Å². The number of carboxylic acid groups (broad SMARTS) is 1. The topological polar surface area (TPSA) is 98.0 Å². The summed E-state index contributed by atoms with van der Waals surface area (Å²) in [6.07, 6.45) is 5.34. The molecular formula is C30H48O5. The Morgan fingerprint density at radius 1 is 0.886 bits per heavy atom. The molecule has 0 unspecified atom stereocenters. The monoisotopic (exact) mass is 488 g/mol. The molecule has 0 heterocycles. The predicted octanol–water partition coefficient (Wildman–Crippen LogP) is 5.03. The molecule has 5 rings (SSSR count). The Morgan fingerprint density at radius 3 is 2.17 bits per heavy atom. The average molecular weight is 489 g/mol. The summed E-state index contributed by atoms with van der Waals surface area (Å²) in [5.41, 5.74) is -0.536. The normalized spacial score (nSPS) is 57.1. The molecule has 5 aliphatic rings. The fourth-order valence-corrected chi connectivity index (χ4v) is 10.9. The maximum atomic E-state index is 12.8. The summed E-state index contributed by atoms with van der Waals surface area (Å²) in [6, 6.07) is 0. The van der Waals surface area contributed by atoms with Crippen molar-refractivity contribution in [3.8, 4) is 0 Å². The maximum Gasteiger partial charge on any atom is 0.310 e. The Bertz CT molecular complexity index is 941. The van der Waals surface area contributed by atoms with Crippen LogP contribution in [0.4, 0.5) is 0 Å². The van der Waals surface area contributed by atoms with Crippen molar-refractivity contribution in [2.75, 3.05) is 0 Å². The molecule has 0 amide bonds. The first-order valence-electron chi connectivity index (χ1n) is 14.1. The van der Waals surface area contributed by atoms with Gasteiger partial charge in [0.2, 0.25) is 0 Å². The first-order chi connectivity index (χ1) is 16.1. The number of hydrogen-bond acceptors (Lipinski definition) is 4. The van der Waals surface area contributed by atoms with E-state index >= 15 is 0 Å². The van der Waals surface area contributed by atoms with Gasteiger partial charge in [-0.3, -0.25) is 4.79 Å². The van der Waals surface area contributed by atoms with E-state index in [1.54, 1.807) is 0 Å². The lowest BCUT2D eigenvalue weighted by atomic mass is 9.33. The molecule has 4 N–H and O–H groups in total. The van der Waals surface area contributed by atoms with Crippen molar-refractivity contribution < 1.29 is 25.2 Å². The molecule has 198 valence electrons. The molecule has 4 fully saturated rings. The number of hydrogen-bond donors (Lipinski definition) is 4. The third-order valence-corrected chi connectivity index (χ3v) is 13.5. The van der Waals surface area contributed by atoms with E-state index in [4.69, 9.17) is 0 Å². The molecule has 35 heavy (non-hydrogen) atoms. The van der Waals surface area contributed by atoms with E-state index in [0.29, 0.717) is 11.8 Å². The minimum atomic E-state index is -1.16. The molecule has 0 radical (unpaired) electrons. The lowest BCUT2D eigenvalue weighted by Gasteiger charge is -2.72. The fraction of sp³-hybridized carbons (Fsp3) is 0.900. The number of aliphatic hydroxyl groups excluding tert-OH is 3. The van der Waals surface area contributed by atoms with Gasteiger partial charge in [-0.05, 0) is 90.8 Å². The van der Waals surface area contributed by atoms with Gasteiger partial charge in [0, 0.05) is 5.41 Å². The second-order valence-corrected chi connectivity index (χ2v) is 14.7. The second-order valence-electron chi connectivity index (χ2n) is 14.7. The SMILES string of the molecule is C[C@H]1[C@H](C)CC[C@]2(C(=O)O)CC[C@]3(C)C(=CC[C@H]4[C@]5(C)[C@H](CC[C@]43C)C(C)(C)[C@@H](O)[C@H](O)[C@@H]5O)[C@H]12. The molecule has 4 saturated carbocycles. The molecule has 0 aliphatic heterocycles. The number of rotatable bonds is 1. The Kier molecular flexibility index (Phi) is 5.56. The Morgan fingerprint density at radius 2 is 1.54 bits per heavy atom. The lowest BCUT2D eigenvalue weighted by molar-refractivity contribution is -0.278. The van der Waals surface area contributed by atoms with E-state index in [-0.39, 0.29) is 28.6 Å². The quantitative estimate of drug-likeness (QED) is 0.388. The second kappa shape index (κ2) is 7.57. The van der Waals surface area contributed by atoms with Crippen LogP contribution in [-0.2, 0) is 4.79 Å². The number of fused-ring (bicyclic) bond motifs is 7. The van der Waals surface area contributed by atoms with E-state index in [1.165, 1.54) is 5.57 Å². The van der Waals surface area contributed by atoms with Gasteiger partial charge < -0.3 is 20.4 Å². The van der Waals surface area contributed by atoms with Crippen LogP contribution in [-0.4, -0.2) is 44.7 Å². The number of aliphatic hydroxyl groups is 3. The van der Waals surface area contributed by atoms with Crippen LogP contribution in [0.25, 0.3) is 0 Å². The molecule has 0 saturated heterocycles. The number of aliphatic carboxylic acids is 1. The van der Waals surface area contributed by atoms with Crippen LogP contribution in [0.3, 0.4) is 0 Å². The van der Waals surface area contributed by atoms with E-state index < -0.39 is 40.5 Å². The number of carbonyl (C=O) groups is 1. The van der Waals surface area contributed by atoms with Crippen LogP contribution in [0.1, 0.15) is 93.4 Å². The number of allylic oxidation sites excluding steroid dienone is 2. The molecular weight excluding hydrogens is 440 g/mol. The smallest absolute Gasteiger partial charge is 0.310 e. The van der Waals surface area contributed by atoms with Crippen LogP contribution < -0.4 is 0 Å². The minimum absolute atomic E-state index is 0.0611. The zero-order valence-electron chi connectivity index (χ0n) is 22.8. The largest absolute Gasteiger partial charge is 0.481 e. The van der Waals surface area contributed by atoms with Crippen molar-refractivity contribution in [3.05, 3.63) is 11.6 Å². The zero-order chi connectivity index (χ0) is 25.9. The van der Waals surface area contributed by atoms with Crippen molar-refractivity contribution in [1.82, 2.24) is 0 Å². The van der Waals surface area contributed by atoms with Crippen LogP contribution in [0.2, 0.25) is 0 Å². The third kappa shape index (κ3) is 2.84.